The molecule has 24 heavy (non-hydrogen) atoms. The highest BCUT2D eigenvalue weighted by Crippen LogP contribution is 2.21. The van der Waals surface area contributed by atoms with Crippen molar-refractivity contribution in [1.82, 2.24) is 0 Å². The second-order valence-corrected chi connectivity index (χ2v) is 6.62. The number of hydrogen-bond donors (Lipinski definition) is 3. The van der Waals surface area contributed by atoms with Crippen LogP contribution in [0.15, 0.2) is 12.2 Å². The zero-order valence-electron chi connectivity index (χ0n) is 15.1. The van der Waals surface area contributed by atoms with E-state index in [0.29, 0.717) is 6.61 Å². The van der Waals surface area contributed by atoms with Gasteiger partial charge in [-0.1, -0.05) is 44.8 Å². The standard InChI is InChI=1S/C19H36O5/c1-2-3-4-5-6-7-8-9-10-11-12-13-23-19-17(22)15-24-18(19)16(21)14-20/h6-7,16-22H,2-5,8-15H2,1H3/b7-6+/t16-,17+,18-,19-/m1/s1. The Balaban J connectivity index is 1.99. The molecule has 1 aliphatic heterocycles. The van der Waals surface area contributed by atoms with E-state index in [1.165, 1.54) is 38.5 Å². The molecule has 0 radical (unpaired) electrons. The van der Waals surface area contributed by atoms with Gasteiger partial charge in [0.05, 0.1) is 13.2 Å². The van der Waals surface area contributed by atoms with Crippen LogP contribution in [0.25, 0.3) is 0 Å². The Labute approximate surface area is 146 Å². The summed E-state index contributed by atoms with van der Waals surface area (Å²) in [5, 5.41) is 28.5. The maximum Gasteiger partial charge on any atom is 0.114 e. The normalized spacial score (nSPS) is 25.6. The van der Waals surface area contributed by atoms with Gasteiger partial charge in [0.1, 0.15) is 24.4 Å². The lowest BCUT2D eigenvalue weighted by Crippen LogP contribution is -2.42. The Morgan fingerprint density at radius 3 is 2.42 bits per heavy atom. The van der Waals surface area contributed by atoms with Crippen LogP contribution < -0.4 is 0 Å². The minimum atomic E-state index is -1.00. The molecule has 0 aromatic rings. The maximum atomic E-state index is 9.83. The van der Waals surface area contributed by atoms with E-state index in [1.807, 2.05) is 0 Å². The van der Waals surface area contributed by atoms with Gasteiger partial charge < -0.3 is 24.8 Å². The van der Waals surface area contributed by atoms with Gasteiger partial charge in [-0.05, 0) is 32.1 Å². The third-order valence-electron chi connectivity index (χ3n) is 4.45. The van der Waals surface area contributed by atoms with Crippen LogP contribution in [0.2, 0.25) is 0 Å². The van der Waals surface area contributed by atoms with Gasteiger partial charge in [-0.25, -0.2) is 0 Å². The highest BCUT2D eigenvalue weighted by atomic mass is 16.6. The fourth-order valence-corrected chi connectivity index (χ4v) is 2.94. The van der Waals surface area contributed by atoms with Gasteiger partial charge in [-0.3, -0.25) is 0 Å². The van der Waals surface area contributed by atoms with Crippen molar-refractivity contribution in [3.63, 3.8) is 0 Å². The first-order chi connectivity index (χ1) is 11.7. The molecule has 0 aromatic carbocycles. The Kier molecular flexibility index (Phi) is 12.4. The molecule has 4 atom stereocenters. The molecule has 5 heteroatoms. The fraction of sp³-hybridized carbons (Fsp3) is 0.895. The van der Waals surface area contributed by atoms with Gasteiger partial charge in [-0.15, -0.1) is 0 Å². The summed E-state index contributed by atoms with van der Waals surface area (Å²) >= 11 is 0. The van der Waals surface area contributed by atoms with E-state index in [2.05, 4.69) is 19.1 Å². The molecule has 0 saturated carbocycles. The SMILES string of the molecule is CCCCC/C=C/CCCCCCO[C@H]1[C@@H]([C@H](O)CO)OC[C@@H]1O. The number of hydrogen-bond acceptors (Lipinski definition) is 5. The largest absolute Gasteiger partial charge is 0.394 e. The first-order valence-electron chi connectivity index (χ1n) is 9.55. The van der Waals surface area contributed by atoms with Gasteiger partial charge >= 0.3 is 0 Å². The molecule has 0 amide bonds. The highest BCUT2D eigenvalue weighted by molar-refractivity contribution is 4.89. The van der Waals surface area contributed by atoms with Crippen LogP contribution in [0.1, 0.15) is 64.7 Å². The molecular weight excluding hydrogens is 308 g/mol. The Morgan fingerprint density at radius 2 is 1.75 bits per heavy atom. The van der Waals surface area contributed by atoms with Crippen molar-refractivity contribution < 1.29 is 24.8 Å². The summed E-state index contributed by atoms with van der Waals surface area (Å²) in [6, 6.07) is 0. The van der Waals surface area contributed by atoms with Crippen molar-refractivity contribution in [2.24, 2.45) is 0 Å². The molecule has 0 aromatic heterocycles. The van der Waals surface area contributed by atoms with Gasteiger partial charge in [0.15, 0.2) is 0 Å². The molecule has 1 rings (SSSR count). The number of aliphatic hydroxyl groups excluding tert-OH is 3. The van der Waals surface area contributed by atoms with E-state index in [-0.39, 0.29) is 13.2 Å². The Bertz CT molecular complexity index is 321. The van der Waals surface area contributed by atoms with E-state index < -0.39 is 24.4 Å². The third kappa shape index (κ3) is 8.58. The summed E-state index contributed by atoms with van der Waals surface area (Å²) in [5.74, 6) is 0. The fourth-order valence-electron chi connectivity index (χ4n) is 2.94. The van der Waals surface area contributed by atoms with Gasteiger partial charge in [0.2, 0.25) is 0 Å². The molecule has 1 aliphatic rings. The molecular formula is C19H36O5. The monoisotopic (exact) mass is 344 g/mol. The first-order valence-corrected chi connectivity index (χ1v) is 9.55. The van der Waals surface area contributed by atoms with Gasteiger partial charge in [0.25, 0.3) is 0 Å². The van der Waals surface area contributed by atoms with Crippen LogP contribution >= 0.6 is 0 Å². The molecule has 142 valence electrons. The number of aliphatic hydroxyl groups is 3. The number of rotatable bonds is 14. The number of ether oxygens (including phenoxy) is 2. The molecule has 1 heterocycles. The summed E-state index contributed by atoms with van der Waals surface area (Å²) < 4.78 is 11.0. The maximum absolute atomic E-state index is 9.83. The topological polar surface area (TPSA) is 79.2 Å². The third-order valence-corrected chi connectivity index (χ3v) is 4.45. The van der Waals surface area contributed by atoms with Crippen molar-refractivity contribution in [3.8, 4) is 0 Å². The smallest absolute Gasteiger partial charge is 0.114 e. The van der Waals surface area contributed by atoms with Crippen molar-refractivity contribution in [2.75, 3.05) is 19.8 Å². The average molecular weight is 344 g/mol. The lowest BCUT2D eigenvalue weighted by molar-refractivity contribution is -0.0938. The summed E-state index contributed by atoms with van der Waals surface area (Å²) in [7, 11) is 0. The van der Waals surface area contributed by atoms with E-state index in [4.69, 9.17) is 14.6 Å². The molecule has 0 aliphatic carbocycles. The van der Waals surface area contributed by atoms with Crippen LogP contribution in [0, 0.1) is 0 Å². The highest BCUT2D eigenvalue weighted by Gasteiger charge is 2.40. The van der Waals surface area contributed by atoms with E-state index in [1.54, 1.807) is 0 Å². The summed E-state index contributed by atoms with van der Waals surface area (Å²) in [5.41, 5.74) is 0. The quantitative estimate of drug-likeness (QED) is 0.333. The zero-order chi connectivity index (χ0) is 17.6. The number of allylic oxidation sites excluding steroid dienone is 2. The Morgan fingerprint density at radius 1 is 1.08 bits per heavy atom. The minimum absolute atomic E-state index is 0.150. The van der Waals surface area contributed by atoms with Crippen molar-refractivity contribution in [2.45, 2.75) is 89.1 Å². The average Bonchev–Trinajstić information content (AvgIpc) is 2.96. The zero-order valence-corrected chi connectivity index (χ0v) is 15.1. The van der Waals surface area contributed by atoms with Crippen LogP contribution in [-0.2, 0) is 9.47 Å². The van der Waals surface area contributed by atoms with Crippen molar-refractivity contribution in [1.29, 1.82) is 0 Å². The molecule has 0 unspecified atom stereocenters. The predicted molar refractivity (Wildman–Crippen MR) is 94.9 cm³/mol. The van der Waals surface area contributed by atoms with Crippen LogP contribution in [0.4, 0.5) is 0 Å². The second kappa shape index (κ2) is 13.8. The summed E-state index contributed by atoms with van der Waals surface area (Å²) in [6.07, 6.45) is 12.3. The van der Waals surface area contributed by atoms with Gasteiger partial charge in [0, 0.05) is 6.61 Å². The predicted octanol–water partition coefficient (Wildman–Crippen LogP) is 2.57. The van der Waals surface area contributed by atoms with Gasteiger partial charge in [-0.2, -0.15) is 0 Å². The van der Waals surface area contributed by atoms with Crippen molar-refractivity contribution in [3.05, 3.63) is 12.2 Å². The first kappa shape index (κ1) is 21.6. The molecule has 1 saturated heterocycles. The van der Waals surface area contributed by atoms with Crippen LogP contribution in [0.3, 0.4) is 0 Å². The summed E-state index contributed by atoms with van der Waals surface area (Å²) in [4.78, 5) is 0. The van der Waals surface area contributed by atoms with E-state index in [9.17, 15) is 10.2 Å². The van der Waals surface area contributed by atoms with E-state index >= 15 is 0 Å². The molecule has 3 N–H and O–H groups in total. The lowest BCUT2D eigenvalue weighted by atomic mass is 10.1. The second-order valence-electron chi connectivity index (χ2n) is 6.62. The number of unbranched alkanes of at least 4 members (excludes halogenated alkanes) is 7. The lowest BCUT2D eigenvalue weighted by Gasteiger charge is -2.23. The van der Waals surface area contributed by atoms with Crippen molar-refractivity contribution >= 4 is 0 Å². The minimum Gasteiger partial charge on any atom is -0.394 e. The van der Waals surface area contributed by atoms with Crippen LogP contribution in [-0.4, -0.2) is 59.6 Å². The summed E-state index contributed by atoms with van der Waals surface area (Å²) in [6.45, 7) is 2.54. The molecule has 1 fully saturated rings. The molecule has 0 spiro atoms. The van der Waals surface area contributed by atoms with Crippen LogP contribution in [0.5, 0.6) is 0 Å². The Hall–Kier alpha value is -0.460. The van der Waals surface area contributed by atoms with E-state index in [0.717, 1.165) is 19.3 Å². The molecule has 5 nitrogen and oxygen atoms in total. The molecule has 0 bridgehead atoms.